The van der Waals surface area contributed by atoms with Gasteiger partial charge in [0.25, 0.3) is 0 Å². The van der Waals surface area contributed by atoms with Gasteiger partial charge >= 0.3 is 0 Å². The van der Waals surface area contributed by atoms with Gasteiger partial charge in [-0.3, -0.25) is 4.79 Å². The van der Waals surface area contributed by atoms with E-state index in [2.05, 4.69) is 9.88 Å². The molecule has 0 N–H and O–H groups in total. The van der Waals surface area contributed by atoms with Gasteiger partial charge in [-0.05, 0) is 50.9 Å². The summed E-state index contributed by atoms with van der Waals surface area (Å²) >= 11 is 13.7. The second kappa shape index (κ2) is 10.3. The molecule has 30 heavy (non-hydrogen) atoms. The van der Waals surface area contributed by atoms with Crippen molar-refractivity contribution in [2.45, 2.75) is 45.3 Å². The van der Waals surface area contributed by atoms with Crippen LogP contribution in [0, 0.1) is 5.92 Å². The molecule has 1 aromatic heterocycles. The maximum atomic E-state index is 12.8. The first-order valence-electron chi connectivity index (χ1n) is 10.6. The number of halogens is 2. The van der Waals surface area contributed by atoms with Gasteiger partial charge in [0.1, 0.15) is 17.4 Å². The van der Waals surface area contributed by atoms with Crippen LogP contribution in [-0.2, 0) is 17.9 Å². The van der Waals surface area contributed by atoms with Crippen LogP contribution in [0.2, 0.25) is 10.0 Å². The Morgan fingerprint density at radius 2 is 2.03 bits per heavy atom. The summed E-state index contributed by atoms with van der Waals surface area (Å²) in [6.07, 6.45) is 5.90. The molecule has 162 valence electrons. The lowest BCUT2D eigenvalue weighted by Gasteiger charge is -2.30. The maximum absolute atomic E-state index is 12.8. The zero-order valence-corrected chi connectivity index (χ0v) is 19.3. The van der Waals surface area contributed by atoms with Crippen molar-refractivity contribution in [2.75, 3.05) is 26.2 Å². The Hall–Kier alpha value is -1.34. The molecule has 0 bridgehead atoms. The van der Waals surface area contributed by atoms with Crippen molar-refractivity contribution in [1.29, 1.82) is 0 Å². The second-order valence-electron chi connectivity index (χ2n) is 8.03. The van der Waals surface area contributed by atoms with Crippen molar-refractivity contribution in [3.63, 3.8) is 0 Å². The Labute approximate surface area is 191 Å². The Kier molecular flexibility index (Phi) is 7.52. The van der Waals surface area contributed by atoms with E-state index in [0.29, 0.717) is 28.9 Å². The average Bonchev–Trinajstić information content (AvgIpc) is 3.51. The van der Waals surface area contributed by atoms with Crippen molar-refractivity contribution < 1.29 is 9.53 Å². The first kappa shape index (κ1) is 21.9. The molecular weight excluding hydrogens is 441 g/mol. The number of nitrogens with zero attached hydrogens (tertiary/aromatic N) is 3. The van der Waals surface area contributed by atoms with Gasteiger partial charge in [0, 0.05) is 35.5 Å². The number of amides is 1. The van der Waals surface area contributed by atoms with E-state index in [1.807, 2.05) is 10.3 Å². The quantitative estimate of drug-likeness (QED) is 0.504. The topological polar surface area (TPSA) is 45.7 Å². The molecule has 1 aliphatic carbocycles. The van der Waals surface area contributed by atoms with Crippen LogP contribution in [0.15, 0.2) is 23.6 Å². The Morgan fingerprint density at radius 1 is 1.23 bits per heavy atom. The maximum Gasteiger partial charge on any atom is 0.226 e. The van der Waals surface area contributed by atoms with Crippen molar-refractivity contribution in [3.8, 4) is 5.75 Å². The lowest BCUT2D eigenvalue weighted by Crippen LogP contribution is -2.40. The first-order chi connectivity index (χ1) is 14.6. The fourth-order valence-corrected chi connectivity index (χ4v) is 4.74. The van der Waals surface area contributed by atoms with Crippen LogP contribution in [0.5, 0.6) is 5.75 Å². The highest BCUT2D eigenvalue weighted by Crippen LogP contribution is 2.32. The van der Waals surface area contributed by atoms with E-state index in [4.69, 9.17) is 27.9 Å². The SMILES string of the molecule is O=C(C1CC1)N(CCN1CCCCC1)Cc1csc(COc2cc(Cl)ccc2Cl)n1. The van der Waals surface area contributed by atoms with E-state index in [-0.39, 0.29) is 11.8 Å². The minimum absolute atomic E-state index is 0.220. The van der Waals surface area contributed by atoms with E-state index >= 15 is 0 Å². The van der Waals surface area contributed by atoms with Crippen molar-refractivity contribution in [2.24, 2.45) is 5.92 Å². The number of carbonyl (C=O) groups excluding carboxylic acids is 1. The van der Waals surface area contributed by atoms with Crippen LogP contribution in [0.3, 0.4) is 0 Å². The number of likely N-dealkylation sites (tertiary alicyclic amines) is 1. The Balaban J connectivity index is 1.34. The predicted octanol–water partition coefficient (Wildman–Crippen LogP) is 5.25. The van der Waals surface area contributed by atoms with E-state index in [0.717, 1.165) is 49.7 Å². The summed E-state index contributed by atoms with van der Waals surface area (Å²) in [5.74, 6) is 1.05. The predicted molar refractivity (Wildman–Crippen MR) is 121 cm³/mol. The molecule has 0 spiro atoms. The Morgan fingerprint density at radius 3 is 2.80 bits per heavy atom. The van der Waals surface area contributed by atoms with Crippen LogP contribution >= 0.6 is 34.5 Å². The zero-order valence-electron chi connectivity index (χ0n) is 17.0. The number of thiazole rings is 1. The van der Waals surface area contributed by atoms with Crippen LogP contribution in [0.1, 0.15) is 42.8 Å². The molecular formula is C22H27Cl2N3O2S. The van der Waals surface area contributed by atoms with Gasteiger partial charge in [0.05, 0.1) is 17.3 Å². The summed E-state index contributed by atoms with van der Waals surface area (Å²) in [5.41, 5.74) is 0.920. The number of piperidine rings is 1. The average molecular weight is 468 g/mol. The van der Waals surface area contributed by atoms with Crippen molar-refractivity contribution >= 4 is 40.4 Å². The highest BCUT2D eigenvalue weighted by Gasteiger charge is 2.33. The van der Waals surface area contributed by atoms with E-state index in [1.54, 1.807) is 29.5 Å². The summed E-state index contributed by atoms with van der Waals surface area (Å²) in [5, 5.41) is 3.98. The van der Waals surface area contributed by atoms with Gasteiger partial charge in [-0.15, -0.1) is 11.3 Å². The summed E-state index contributed by atoms with van der Waals surface area (Å²) in [7, 11) is 0. The van der Waals surface area contributed by atoms with Crippen molar-refractivity contribution in [3.05, 3.63) is 44.3 Å². The van der Waals surface area contributed by atoms with Crippen LogP contribution in [-0.4, -0.2) is 46.9 Å². The monoisotopic (exact) mass is 467 g/mol. The number of ether oxygens (including phenoxy) is 1. The van der Waals surface area contributed by atoms with Crippen LogP contribution in [0.4, 0.5) is 0 Å². The molecule has 2 aliphatic rings. The minimum Gasteiger partial charge on any atom is -0.485 e. The normalized spacial score (nSPS) is 17.1. The highest BCUT2D eigenvalue weighted by atomic mass is 35.5. The number of rotatable bonds is 9. The number of aromatic nitrogens is 1. The molecule has 0 radical (unpaired) electrons. The van der Waals surface area contributed by atoms with Gasteiger partial charge in [0.15, 0.2) is 0 Å². The van der Waals surface area contributed by atoms with E-state index < -0.39 is 0 Å². The third kappa shape index (κ3) is 6.10. The third-order valence-corrected chi connectivity index (χ3v) is 6.99. The fourth-order valence-electron chi connectivity index (χ4n) is 3.71. The van der Waals surface area contributed by atoms with E-state index in [9.17, 15) is 4.79 Å². The van der Waals surface area contributed by atoms with Gasteiger partial charge in [0.2, 0.25) is 5.91 Å². The van der Waals surface area contributed by atoms with E-state index in [1.165, 1.54) is 19.3 Å². The summed E-state index contributed by atoms with van der Waals surface area (Å²) < 4.78 is 5.79. The number of hydrogen-bond acceptors (Lipinski definition) is 5. The zero-order chi connectivity index (χ0) is 20.9. The lowest BCUT2D eigenvalue weighted by atomic mass is 10.1. The van der Waals surface area contributed by atoms with Gasteiger partial charge in [-0.25, -0.2) is 4.98 Å². The molecule has 1 saturated heterocycles. The van der Waals surface area contributed by atoms with Crippen molar-refractivity contribution in [1.82, 2.24) is 14.8 Å². The molecule has 4 rings (SSSR count). The van der Waals surface area contributed by atoms with Gasteiger partial charge in [-0.2, -0.15) is 0 Å². The molecule has 2 aromatic rings. The molecule has 5 nitrogen and oxygen atoms in total. The molecule has 8 heteroatoms. The van der Waals surface area contributed by atoms with Crippen LogP contribution in [0.25, 0.3) is 0 Å². The van der Waals surface area contributed by atoms with Crippen LogP contribution < -0.4 is 4.74 Å². The lowest BCUT2D eigenvalue weighted by molar-refractivity contribution is -0.133. The number of benzene rings is 1. The standard InChI is InChI=1S/C22H27Cl2N3O2S/c23-17-6-7-19(24)20(12-17)29-14-21-25-18(15-30-21)13-27(22(28)16-4-5-16)11-10-26-8-2-1-3-9-26/h6-7,12,15-16H,1-5,8-11,13-14H2. The minimum atomic E-state index is 0.220. The highest BCUT2D eigenvalue weighted by molar-refractivity contribution is 7.09. The second-order valence-corrected chi connectivity index (χ2v) is 9.82. The molecule has 0 unspecified atom stereocenters. The molecule has 2 fully saturated rings. The number of carbonyl (C=O) groups is 1. The fraction of sp³-hybridized carbons (Fsp3) is 0.545. The summed E-state index contributed by atoms with van der Waals surface area (Å²) in [4.78, 5) is 22.0. The molecule has 1 saturated carbocycles. The largest absolute Gasteiger partial charge is 0.485 e. The smallest absolute Gasteiger partial charge is 0.226 e. The molecule has 1 aromatic carbocycles. The van der Waals surface area contributed by atoms with Gasteiger partial charge in [-0.1, -0.05) is 29.6 Å². The molecule has 1 amide bonds. The molecule has 2 heterocycles. The third-order valence-electron chi connectivity index (χ3n) is 5.57. The molecule has 1 aliphatic heterocycles. The number of hydrogen-bond donors (Lipinski definition) is 0. The summed E-state index contributed by atoms with van der Waals surface area (Å²) in [6.45, 7) is 4.92. The Bertz CT molecular complexity index is 866. The van der Waals surface area contributed by atoms with Gasteiger partial charge < -0.3 is 14.5 Å². The first-order valence-corrected chi connectivity index (χ1v) is 12.2. The summed E-state index contributed by atoms with van der Waals surface area (Å²) in [6, 6.07) is 5.15. The molecule has 0 atom stereocenters.